The highest BCUT2D eigenvalue weighted by atomic mass is 35.5. The first-order chi connectivity index (χ1) is 22.3. The molecule has 7 rings (SSSR count). The van der Waals surface area contributed by atoms with Crippen LogP contribution in [0, 0.1) is 5.82 Å². The molecule has 1 aliphatic rings. The van der Waals surface area contributed by atoms with E-state index in [0.29, 0.717) is 33.2 Å². The summed E-state index contributed by atoms with van der Waals surface area (Å²) in [5, 5.41) is 13.9. The molecular formula is C35H28ClFN4O5. The number of hydrogen-bond acceptors (Lipinski definition) is 6. The molecule has 6 aromatic rings. The van der Waals surface area contributed by atoms with E-state index in [-0.39, 0.29) is 24.0 Å². The normalized spacial score (nSPS) is 13.7. The third kappa shape index (κ3) is 5.79. The van der Waals surface area contributed by atoms with Crippen molar-refractivity contribution in [3.8, 4) is 39.7 Å². The van der Waals surface area contributed by atoms with Crippen molar-refractivity contribution in [3.63, 3.8) is 0 Å². The molecule has 0 amide bonds. The molecule has 1 aliphatic carbocycles. The number of carboxylic acids is 1. The fourth-order valence-electron chi connectivity index (χ4n) is 6.18. The average Bonchev–Trinajstić information content (AvgIpc) is 3.67. The van der Waals surface area contributed by atoms with Crippen LogP contribution in [0.25, 0.3) is 44.9 Å². The van der Waals surface area contributed by atoms with Gasteiger partial charge in [0.1, 0.15) is 24.0 Å². The zero-order valence-electron chi connectivity index (χ0n) is 24.5. The highest BCUT2D eigenvalue weighted by molar-refractivity contribution is 6.30. The van der Waals surface area contributed by atoms with Crippen LogP contribution in [-0.4, -0.2) is 30.8 Å². The molecule has 2 heterocycles. The zero-order valence-corrected chi connectivity index (χ0v) is 25.3. The summed E-state index contributed by atoms with van der Waals surface area (Å²) in [6.45, 7) is 0.0885. The van der Waals surface area contributed by atoms with E-state index in [1.165, 1.54) is 12.1 Å². The van der Waals surface area contributed by atoms with E-state index < -0.39 is 17.5 Å². The van der Waals surface area contributed by atoms with E-state index in [9.17, 15) is 14.7 Å². The van der Waals surface area contributed by atoms with E-state index in [0.717, 1.165) is 54.3 Å². The number of aromatic nitrogens is 4. The van der Waals surface area contributed by atoms with Crippen molar-refractivity contribution < 1.29 is 23.6 Å². The van der Waals surface area contributed by atoms with Gasteiger partial charge in [-0.1, -0.05) is 60.3 Å². The molecule has 0 bridgehead atoms. The summed E-state index contributed by atoms with van der Waals surface area (Å²) in [4.78, 5) is 30.5. The third-order valence-electron chi connectivity index (χ3n) is 8.43. The van der Waals surface area contributed by atoms with Gasteiger partial charge in [-0.2, -0.15) is 0 Å². The zero-order chi connectivity index (χ0) is 31.8. The number of nitrogens with one attached hydrogen (secondary N) is 1. The molecular weight excluding hydrogens is 611 g/mol. The second-order valence-corrected chi connectivity index (χ2v) is 11.8. The molecule has 0 saturated heterocycles. The first kappa shape index (κ1) is 29.5. The monoisotopic (exact) mass is 638 g/mol. The summed E-state index contributed by atoms with van der Waals surface area (Å²) < 4.78 is 28.8. The van der Waals surface area contributed by atoms with Crippen LogP contribution in [0.4, 0.5) is 4.39 Å². The lowest BCUT2D eigenvalue weighted by Crippen LogP contribution is -2.14. The maximum atomic E-state index is 15.9. The number of halogens is 2. The van der Waals surface area contributed by atoms with Gasteiger partial charge < -0.3 is 14.4 Å². The maximum absolute atomic E-state index is 15.9. The van der Waals surface area contributed by atoms with Crippen LogP contribution in [0.1, 0.15) is 54.1 Å². The quantitative estimate of drug-likeness (QED) is 0.172. The molecule has 0 spiro atoms. The van der Waals surface area contributed by atoms with Gasteiger partial charge in [-0.3, -0.25) is 9.51 Å². The number of fused-ring (bicyclic) bond motifs is 1. The lowest BCUT2D eigenvalue weighted by molar-refractivity contribution is 0.0697. The van der Waals surface area contributed by atoms with Crippen LogP contribution in [0.2, 0.25) is 5.02 Å². The largest absolute Gasteiger partial charge is 0.489 e. The summed E-state index contributed by atoms with van der Waals surface area (Å²) in [7, 11) is 0. The third-order valence-corrected chi connectivity index (χ3v) is 8.68. The fraction of sp³-hybridized carbons (Fsp3) is 0.200. The number of nitrogens with zero attached hydrogens (tertiary/aromatic N) is 3. The van der Waals surface area contributed by atoms with Gasteiger partial charge in [-0.15, -0.1) is 0 Å². The summed E-state index contributed by atoms with van der Waals surface area (Å²) in [6.07, 6.45) is 5.18. The highest BCUT2D eigenvalue weighted by Crippen LogP contribution is 2.38. The van der Waals surface area contributed by atoms with E-state index >= 15 is 4.39 Å². The van der Waals surface area contributed by atoms with Crippen LogP contribution in [-0.2, 0) is 6.61 Å². The molecule has 11 heteroatoms. The SMILES string of the molecule is O=C(O)c1ccc2c(c1)nc(-c1ccc(OCc3cc(-c4noc(=O)[nH]4)ccc3-c3ccc(Cl)cc3)cc1F)n2C1CCCCC1. The van der Waals surface area contributed by atoms with Crippen LogP contribution in [0.5, 0.6) is 5.75 Å². The molecule has 46 heavy (non-hydrogen) atoms. The summed E-state index contributed by atoms with van der Waals surface area (Å²) in [6, 6.07) is 22.6. The number of H-pyrrole nitrogens is 1. The van der Waals surface area contributed by atoms with Gasteiger partial charge in [-0.25, -0.2) is 19.0 Å². The minimum absolute atomic E-state index is 0.0885. The molecule has 2 aromatic heterocycles. The number of carbonyl (C=O) groups is 1. The molecule has 2 N–H and O–H groups in total. The van der Waals surface area contributed by atoms with Gasteiger partial charge in [0.15, 0.2) is 5.82 Å². The number of rotatable bonds is 8. The number of carboxylic acid groups (broad SMARTS) is 1. The smallest absolute Gasteiger partial charge is 0.439 e. The first-order valence-corrected chi connectivity index (χ1v) is 15.3. The van der Waals surface area contributed by atoms with Gasteiger partial charge in [0.05, 0.1) is 22.2 Å². The van der Waals surface area contributed by atoms with Crippen molar-refractivity contribution in [2.45, 2.75) is 44.8 Å². The molecule has 0 atom stereocenters. The second kappa shape index (κ2) is 12.3. The van der Waals surface area contributed by atoms with E-state index in [1.807, 2.05) is 30.3 Å². The van der Waals surface area contributed by atoms with E-state index in [1.54, 1.807) is 36.4 Å². The molecule has 0 unspecified atom stereocenters. The average molecular weight is 639 g/mol. The Morgan fingerprint density at radius 3 is 2.46 bits per heavy atom. The number of aromatic amines is 1. The molecule has 9 nitrogen and oxygen atoms in total. The molecule has 232 valence electrons. The Morgan fingerprint density at radius 2 is 1.74 bits per heavy atom. The lowest BCUT2D eigenvalue weighted by Gasteiger charge is -2.25. The van der Waals surface area contributed by atoms with Crippen LogP contribution >= 0.6 is 11.6 Å². The number of ether oxygens (including phenoxy) is 1. The summed E-state index contributed by atoms with van der Waals surface area (Å²) >= 11 is 6.11. The van der Waals surface area contributed by atoms with Crippen LogP contribution in [0.15, 0.2) is 88.2 Å². The van der Waals surface area contributed by atoms with Crippen molar-refractivity contribution in [1.82, 2.24) is 19.7 Å². The molecule has 4 aromatic carbocycles. The summed E-state index contributed by atoms with van der Waals surface area (Å²) in [5.74, 6) is -1.15. The van der Waals surface area contributed by atoms with Crippen molar-refractivity contribution in [1.29, 1.82) is 0 Å². The Bertz CT molecular complexity index is 2130. The lowest BCUT2D eigenvalue weighted by atomic mass is 9.94. The standard InChI is InChI=1S/C35H28ClFN4O5/c36-24-10-6-20(7-11-24)27-13-8-21(32-39-35(44)46-40-32)16-23(27)19-45-26-12-14-28(29(37)18-26)33-38-30-17-22(34(42)43)9-15-31(30)41(33)25-4-2-1-3-5-25/h6-18,25H,1-5,19H2,(H,42,43)(H,39,40,44). The summed E-state index contributed by atoms with van der Waals surface area (Å²) in [5.41, 5.74) is 4.90. The number of hydrogen-bond donors (Lipinski definition) is 2. The Labute approximate surface area is 267 Å². The molecule has 1 saturated carbocycles. The number of imidazole rings is 1. The van der Waals surface area contributed by atoms with Gasteiger partial charge >= 0.3 is 11.7 Å². The van der Waals surface area contributed by atoms with Gasteiger partial charge in [-0.05, 0) is 78.1 Å². The van der Waals surface area contributed by atoms with Crippen LogP contribution in [0.3, 0.4) is 0 Å². The predicted octanol–water partition coefficient (Wildman–Crippen LogP) is 8.29. The van der Waals surface area contributed by atoms with Crippen molar-refractivity contribution in [3.05, 3.63) is 111 Å². The highest BCUT2D eigenvalue weighted by Gasteiger charge is 2.25. The Kier molecular flexibility index (Phi) is 7.88. The van der Waals surface area contributed by atoms with Gasteiger partial charge in [0.25, 0.3) is 0 Å². The Balaban J connectivity index is 1.22. The van der Waals surface area contributed by atoms with Crippen LogP contribution < -0.4 is 10.5 Å². The molecule has 0 radical (unpaired) electrons. The second-order valence-electron chi connectivity index (χ2n) is 11.4. The van der Waals surface area contributed by atoms with Crippen molar-refractivity contribution in [2.75, 3.05) is 0 Å². The number of aromatic carboxylic acids is 1. The predicted molar refractivity (Wildman–Crippen MR) is 172 cm³/mol. The first-order valence-electron chi connectivity index (χ1n) is 15.0. The van der Waals surface area contributed by atoms with E-state index in [2.05, 4.69) is 19.2 Å². The fourth-order valence-corrected chi connectivity index (χ4v) is 6.31. The Morgan fingerprint density at radius 1 is 0.978 bits per heavy atom. The molecule has 1 fully saturated rings. The Hall–Kier alpha value is -5.22. The molecule has 0 aliphatic heterocycles. The van der Waals surface area contributed by atoms with E-state index in [4.69, 9.17) is 21.3 Å². The minimum Gasteiger partial charge on any atom is -0.489 e. The topological polar surface area (TPSA) is 123 Å². The van der Waals surface area contributed by atoms with Crippen molar-refractivity contribution in [2.24, 2.45) is 0 Å². The van der Waals surface area contributed by atoms with Gasteiger partial charge in [0.2, 0.25) is 0 Å². The number of benzene rings is 4. The maximum Gasteiger partial charge on any atom is 0.439 e. The van der Waals surface area contributed by atoms with Crippen molar-refractivity contribution >= 4 is 28.6 Å². The minimum atomic E-state index is -1.04. The van der Waals surface area contributed by atoms with Gasteiger partial charge in [0, 0.05) is 22.7 Å².